The molecular formula is C13H21N3O3. The molecule has 1 aromatic heterocycles. The molecule has 1 aliphatic rings. The highest BCUT2D eigenvalue weighted by atomic mass is 16.5. The predicted molar refractivity (Wildman–Crippen MR) is 69.9 cm³/mol. The maximum absolute atomic E-state index is 11.8. The Labute approximate surface area is 113 Å². The second-order valence-corrected chi connectivity index (χ2v) is 4.72. The van der Waals surface area contributed by atoms with Crippen molar-refractivity contribution in [3.8, 4) is 0 Å². The number of hydrogen-bond donors (Lipinski definition) is 1. The second kappa shape index (κ2) is 6.68. The molecule has 2 heterocycles. The summed E-state index contributed by atoms with van der Waals surface area (Å²) in [5, 5.41) is 2.91. The number of aryl methyl sites for hydroxylation is 2. The van der Waals surface area contributed by atoms with Crippen molar-refractivity contribution in [1.29, 1.82) is 0 Å². The van der Waals surface area contributed by atoms with Crippen LogP contribution in [-0.2, 0) is 16.0 Å². The summed E-state index contributed by atoms with van der Waals surface area (Å²) in [6.45, 7) is 8.61. The van der Waals surface area contributed by atoms with E-state index in [1.54, 1.807) is 6.92 Å². The maximum Gasteiger partial charge on any atom is 0.227 e. The molecule has 2 rings (SSSR count). The van der Waals surface area contributed by atoms with Crippen LogP contribution in [0.2, 0.25) is 0 Å². The summed E-state index contributed by atoms with van der Waals surface area (Å²) < 4.78 is 10.7. The van der Waals surface area contributed by atoms with E-state index < -0.39 is 0 Å². The molecule has 1 fully saturated rings. The maximum atomic E-state index is 11.8. The Morgan fingerprint density at radius 3 is 2.74 bits per heavy atom. The van der Waals surface area contributed by atoms with E-state index in [0.29, 0.717) is 18.2 Å². The zero-order valence-electron chi connectivity index (χ0n) is 11.6. The van der Waals surface area contributed by atoms with Crippen molar-refractivity contribution in [2.24, 2.45) is 0 Å². The summed E-state index contributed by atoms with van der Waals surface area (Å²) in [5.41, 5.74) is 0.792. The fourth-order valence-corrected chi connectivity index (χ4v) is 2.12. The van der Waals surface area contributed by atoms with Gasteiger partial charge in [-0.3, -0.25) is 9.69 Å². The second-order valence-electron chi connectivity index (χ2n) is 4.72. The Morgan fingerprint density at radius 2 is 2.11 bits per heavy atom. The van der Waals surface area contributed by atoms with Gasteiger partial charge in [0.05, 0.1) is 25.3 Å². The topological polar surface area (TPSA) is 67.6 Å². The molecule has 6 nitrogen and oxygen atoms in total. The minimum absolute atomic E-state index is 0.0208. The summed E-state index contributed by atoms with van der Waals surface area (Å²) in [4.78, 5) is 18.2. The smallest absolute Gasteiger partial charge is 0.227 e. The third-order valence-corrected chi connectivity index (χ3v) is 3.17. The van der Waals surface area contributed by atoms with Gasteiger partial charge < -0.3 is 14.5 Å². The molecule has 106 valence electrons. The molecule has 1 aliphatic heterocycles. The standard InChI is InChI=1S/C13H21N3O3/c1-10-12(19-11(2)15-10)9-13(17)14-3-4-16-5-7-18-8-6-16/h3-9H2,1-2H3,(H,14,17). The first-order valence-electron chi connectivity index (χ1n) is 6.65. The summed E-state index contributed by atoms with van der Waals surface area (Å²) >= 11 is 0. The molecule has 1 N–H and O–H groups in total. The van der Waals surface area contributed by atoms with Gasteiger partial charge in [0.15, 0.2) is 5.89 Å². The van der Waals surface area contributed by atoms with Gasteiger partial charge >= 0.3 is 0 Å². The van der Waals surface area contributed by atoms with Crippen LogP contribution in [-0.4, -0.2) is 55.2 Å². The number of nitrogens with zero attached hydrogens (tertiary/aromatic N) is 2. The zero-order valence-corrected chi connectivity index (χ0v) is 11.6. The summed E-state index contributed by atoms with van der Waals surface area (Å²) in [6.07, 6.45) is 0.260. The molecule has 1 amide bonds. The fraction of sp³-hybridized carbons (Fsp3) is 0.692. The number of oxazole rings is 1. The Morgan fingerprint density at radius 1 is 1.37 bits per heavy atom. The van der Waals surface area contributed by atoms with Gasteiger partial charge in [0.2, 0.25) is 5.91 Å². The summed E-state index contributed by atoms with van der Waals surface area (Å²) in [6, 6.07) is 0. The molecule has 0 atom stereocenters. The lowest BCUT2D eigenvalue weighted by Crippen LogP contribution is -2.41. The van der Waals surface area contributed by atoms with Crippen molar-refractivity contribution < 1.29 is 13.9 Å². The average molecular weight is 267 g/mol. The Kier molecular flexibility index (Phi) is 4.93. The molecule has 1 saturated heterocycles. The number of amides is 1. The van der Waals surface area contributed by atoms with Gasteiger partial charge in [-0.15, -0.1) is 0 Å². The van der Waals surface area contributed by atoms with E-state index in [4.69, 9.17) is 9.15 Å². The highest BCUT2D eigenvalue weighted by molar-refractivity contribution is 5.78. The van der Waals surface area contributed by atoms with Crippen LogP contribution in [0.4, 0.5) is 0 Å². The van der Waals surface area contributed by atoms with Gasteiger partial charge in [0, 0.05) is 33.1 Å². The molecule has 0 aromatic carbocycles. The molecule has 0 aliphatic carbocycles. The number of carbonyl (C=O) groups excluding carboxylic acids is 1. The first-order valence-corrected chi connectivity index (χ1v) is 6.65. The van der Waals surface area contributed by atoms with Gasteiger partial charge in [-0.2, -0.15) is 0 Å². The van der Waals surface area contributed by atoms with Gasteiger partial charge in [-0.25, -0.2) is 4.98 Å². The van der Waals surface area contributed by atoms with Crippen LogP contribution in [0.5, 0.6) is 0 Å². The quantitative estimate of drug-likeness (QED) is 0.830. The first-order chi connectivity index (χ1) is 9.15. The molecule has 0 radical (unpaired) electrons. The van der Waals surface area contributed by atoms with Gasteiger partial charge in [-0.1, -0.05) is 0 Å². The zero-order chi connectivity index (χ0) is 13.7. The monoisotopic (exact) mass is 267 g/mol. The summed E-state index contributed by atoms with van der Waals surface area (Å²) in [7, 11) is 0. The fourth-order valence-electron chi connectivity index (χ4n) is 2.12. The average Bonchev–Trinajstić information content (AvgIpc) is 2.69. The van der Waals surface area contributed by atoms with Gasteiger partial charge in [0.25, 0.3) is 0 Å². The lowest BCUT2D eigenvalue weighted by atomic mass is 10.2. The first kappa shape index (κ1) is 14.0. The van der Waals surface area contributed by atoms with Crippen LogP contribution in [0, 0.1) is 13.8 Å². The highest BCUT2D eigenvalue weighted by Crippen LogP contribution is 2.09. The van der Waals surface area contributed by atoms with Crippen LogP contribution in [0.3, 0.4) is 0 Å². The number of rotatable bonds is 5. The predicted octanol–water partition coefficient (Wildman–Crippen LogP) is 0.282. The van der Waals surface area contributed by atoms with Crippen LogP contribution < -0.4 is 5.32 Å². The van der Waals surface area contributed by atoms with Crippen molar-refractivity contribution >= 4 is 5.91 Å². The van der Waals surface area contributed by atoms with E-state index >= 15 is 0 Å². The Balaban J connectivity index is 1.68. The number of morpholine rings is 1. The van der Waals surface area contributed by atoms with E-state index in [-0.39, 0.29) is 12.3 Å². The van der Waals surface area contributed by atoms with E-state index in [0.717, 1.165) is 38.5 Å². The number of carbonyl (C=O) groups is 1. The lowest BCUT2D eigenvalue weighted by Gasteiger charge is -2.26. The number of aromatic nitrogens is 1. The highest BCUT2D eigenvalue weighted by Gasteiger charge is 2.13. The normalized spacial score (nSPS) is 16.5. The minimum Gasteiger partial charge on any atom is -0.445 e. The molecule has 0 spiro atoms. The molecule has 0 bridgehead atoms. The minimum atomic E-state index is -0.0208. The molecular weight excluding hydrogens is 246 g/mol. The van der Waals surface area contributed by atoms with Crippen molar-refractivity contribution in [1.82, 2.24) is 15.2 Å². The SMILES string of the molecule is Cc1nc(C)c(CC(=O)NCCN2CCOCC2)o1. The Bertz CT molecular complexity index is 425. The van der Waals surface area contributed by atoms with E-state index in [2.05, 4.69) is 15.2 Å². The van der Waals surface area contributed by atoms with Crippen molar-refractivity contribution in [3.63, 3.8) is 0 Å². The van der Waals surface area contributed by atoms with Gasteiger partial charge in [-0.05, 0) is 6.92 Å². The number of nitrogens with one attached hydrogen (secondary N) is 1. The van der Waals surface area contributed by atoms with Crippen LogP contribution >= 0.6 is 0 Å². The molecule has 19 heavy (non-hydrogen) atoms. The van der Waals surface area contributed by atoms with Crippen molar-refractivity contribution in [2.45, 2.75) is 20.3 Å². The van der Waals surface area contributed by atoms with E-state index in [1.807, 2.05) is 6.92 Å². The third-order valence-electron chi connectivity index (χ3n) is 3.17. The van der Waals surface area contributed by atoms with E-state index in [9.17, 15) is 4.79 Å². The molecule has 6 heteroatoms. The largest absolute Gasteiger partial charge is 0.445 e. The molecule has 0 unspecified atom stereocenters. The lowest BCUT2D eigenvalue weighted by molar-refractivity contribution is -0.120. The van der Waals surface area contributed by atoms with Crippen molar-refractivity contribution in [2.75, 3.05) is 39.4 Å². The third kappa shape index (κ3) is 4.33. The molecule has 1 aromatic rings. The Hall–Kier alpha value is -1.40. The van der Waals surface area contributed by atoms with Crippen LogP contribution in [0.15, 0.2) is 4.42 Å². The summed E-state index contributed by atoms with van der Waals surface area (Å²) in [5.74, 6) is 1.24. The van der Waals surface area contributed by atoms with Gasteiger partial charge in [0.1, 0.15) is 5.76 Å². The number of ether oxygens (including phenoxy) is 1. The van der Waals surface area contributed by atoms with Crippen molar-refractivity contribution in [3.05, 3.63) is 17.3 Å². The van der Waals surface area contributed by atoms with E-state index in [1.165, 1.54) is 0 Å². The van der Waals surface area contributed by atoms with Crippen LogP contribution in [0.25, 0.3) is 0 Å². The van der Waals surface area contributed by atoms with Crippen LogP contribution in [0.1, 0.15) is 17.3 Å². The molecule has 0 saturated carbocycles. The number of hydrogen-bond acceptors (Lipinski definition) is 5.